The molecule has 1 aliphatic carbocycles. The van der Waals surface area contributed by atoms with E-state index in [1.165, 1.54) is 7.11 Å². The lowest BCUT2D eigenvalue weighted by Crippen LogP contribution is -2.60. The maximum absolute atomic E-state index is 12.1. The number of esters is 1. The van der Waals surface area contributed by atoms with Crippen LogP contribution in [-0.4, -0.2) is 25.2 Å². The van der Waals surface area contributed by atoms with Crippen molar-refractivity contribution in [2.75, 3.05) is 13.7 Å². The van der Waals surface area contributed by atoms with Crippen molar-refractivity contribution < 1.29 is 9.53 Å². The van der Waals surface area contributed by atoms with Gasteiger partial charge in [0.25, 0.3) is 0 Å². The zero-order valence-corrected chi connectivity index (χ0v) is 11.9. The predicted octanol–water partition coefficient (Wildman–Crippen LogP) is 2.74. The van der Waals surface area contributed by atoms with Crippen LogP contribution in [0.1, 0.15) is 53.4 Å². The highest BCUT2D eigenvalue weighted by molar-refractivity contribution is 5.81. The van der Waals surface area contributed by atoms with Crippen LogP contribution < -0.4 is 5.32 Å². The van der Waals surface area contributed by atoms with Crippen molar-refractivity contribution in [1.82, 2.24) is 5.32 Å². The Kier molecular flexibility index (Phi) is 4.59. The van der Waals surface area contributed by atoms with Gasteiger partial charge in [-0.3, -0.25) is 4.79 Å². The molecule has 1 fully saturated rings. The standard InChI is InChI=1S/C14H27NO2/c1-6-9-15-14(12(16)17-5)8-7-13(3,4)10-11(14)2/h11,15H,6-10H2,1-5H3. The van der Waals surface area contributed by atoms with Crippen molar-refractivity contribution in [3.8, 4) is 0 Å². The Labute approximate surface area is 105 Å². The fourth-order valence-corrected chi connectivity index (χ4v) is 3.06. The van der Waals surface area contributed by atoms with Crippen molar-refractivity contribution in [2.24, 2.45) is 11.3 Å². The largest absolute Gasteiger partial charge is 0.468 e. The van der Waals surface area contributed by atoms with Crippen molar-refractivity contribution in [2.45, 2.75) is 58.9 Å². The number of carbonyl (C=O) groups excluding carboxylic acids is 1. The van der Waals surface area contributed by atoms with Crippen LogP contribution in [-0.2, 0) is 9.53 Å². The Balaban J connectivity index is 2.87. The lowest BCUT2D eigenvalue weighted by molar-refractivity contribution is -0.154. The van der Waals surface area contributed by atoms with Crippen LogP contribution in [0.4, 0.5) is 0 Å². The summed E-state index contributed by atoms with van der Waals surface area (Å²) in [5, 5.41) is 3.45. The summed E-state index contributed by atoms with van der Waals surface area (Å²) in [6.45, 7) is 9.73. The van der Waals surface area contributed by atoms with Gasteiger partial charge >= 0.3 is 5.97 Å². The molecule has 0 amide bonds. The lowest BCUT2D eigenvalue weighted by Gasteiger charge is -2.46. The van der Waals surface area contributed by atoms with E-state index in [-0.39, 0.29) is 5.97 Å². The Morgan fingerprint density at radius 1 is 1.41 bits per heavy atom. The number of hydrogen-bond donors (Lipinski definition) is 1. The van der Waals surface area contributed by atoms with E-state index in [1.807, 2.05) is 0 Å². The second kappa shape index (κ2) is 5.38. The van der Waals surface area contributed by atoms with Gasteiger partial charge in [-0.05, 0) is 43.6 Å². The van der Waals surface area contributed by atoms with E-state index in [0.717, 1.165) is 32.2 Å². The van der Waals surface area contributed by atoms with Crippen LogP contribution >= 0.6 is 0 Å². The summed E-state index contributed by atoms with van der Waals surface area (Å²) in [7, 11) is 1.49. The van der Waals surface area contributed by atoms with Crippen molar-refractivity contribution in [3.63, 3.8) is 0 Å². The summed E-state index contributed by atoms with van der Waals surface area (Å²) < 4.78 is 5.03. The third-order valence-corrected chi connectivity index (χ3v) is 4.14. The van der Waals surface area contributed by atoms with E-state index >= 15 is 0 Å². The van der Waals surface area contributed by atoms with Crippen LogP contribution in [0.25, 0.3) is 0 Å². The van der Waals surface area contributed by atoms with Gasteiger partial charge in [-0.2, -0.15) is 0 Å². The molecule has 0 heterocycles. The van der Waals surface area contributed by atoms with Gasteiger partial charge in [0.05, 0.1) is 7.11 Å². The highest BCUT2D eigenvalue weighted by Gasteiger charge is 2.49. The van der Waals surface area contributed by atoms with E-state index in [1.54, 1.807) is 0 Å². The average Bonchev–Trinajstić information content (AvgIpc) is 2.27. The van der Waals surface area contributed by atoms with Gasteiger partial charge in [-0.15, -0.1) is 0 Å². The van der Waals surface area contributed by atoms with E-state index in [4.69, 9.17) is 4.74 Å². The minimum atomic E-state index is -0.458. The summed E-state index contributed by atoms with van der Waals surface area (Å²) in [5.41, 5.74) is -0.120. The first-order chi connectivity index (χ1) is 7.88. The molecule has 3 heteroatoms. The average molecular weight is 241 g/mol. The lowest BCUT2D eigenvalue weighted by atomic mass is 9.63. The third kappa shape index (κ3) is 3.01. The fraction of sp³-hybridized carbons (Fsp3) is 0.929. The smallest absolute Gasteiger partial charge is 0.326 e. The third-order valence-electron chi connectivity index (χ3n) is 4.14. The molecule has 0 aromatic heterocycles. The molecule has 0 aromatic rings. The molecule has 3 nitrogen and oxygen atoms in total. The van der Waals surface area contributed by atoms with Gasteiger partial charge in [0.2, 0.25) is 0 Å². The maximum Gasteiger partial charge on any atom is 0.326 e. The van der Waals surface area contributed by atoms with E-state index in [0.29, 0.717) is 11.3 Å². The SMILES string of the molecule is CCCNC1(C(=O)OC)CCC(C)(C)CC1C. The maximum atomic E-state index is 12.1. The first-order valence-corrected chi connectivity index (χ1v) is 6.71. The van der Waals surface area contributed by atoms with Crippen molar-refractivity contribution in [1.29, 1.82) is 0 Å². The molecule has 0 bridgehead atoms. The Morgan fingerprint density at radius 3 is 2.53 bits per heavy atom. The van der Waals surface area contributed by atoms with Gasteiger partial charge in [0.15, 0.2) is 0 Å². The van der Waals surface area contributed by atoms with Crippen molar-refractivity contribution >= 4 is 5.97 Å². The number of ether oxygens (including phenoxy) is 1. The zero-order chi connectivity index (χ0) is 13.1. The molecule has 2 atom stereocenters. The van der Waals surface area contributed by atoms with E-state index in [9.17, 15) is 4.79 Å². The number of carbonyl (C=O) groups is 1. The molecule has 1 N–H and O–H groups in total. The normalized spacial score (nSPS) is 32.2. The van der Waals surface area contributed by atoms with Crippen LogP contribution in [0.2, 0.25) is 0 Å². The Hall–Kier alpha value is -0.570. The second-order valence-electron chi connectivity index (χ2n) is 6.16. The molecule has 2 unspecified atom stereocenters. The molecule has 0 saturated heterocycles. The molecule has 0 radical (unpaired) electrons. The Morgan fingerprint density at radius 2 is 2.06 bits per heavy atom. The topological polar surface area (TPSA) is 38.3 Å². The molecular formula is C14H27NO2. The molecule has 1 rings (SSSR count). The molecule has 1 saturated carbocycles. The molecule has 1 aliphatic rings. The predicted molar refractivity (Wildman–Crippen MR) is 69.8 cm³/mol. The molecule has 0 aliphatic heterocycles. The summed E-state index contributed by atoms with van der Waals surface area (Å²) in [4.78, 5) is 12.1. The van der Waals surface area contributed by atoms with Crippen LogP contribution in [0.5, 0.6) is 0 Å². The first-order valence-electron chi connectivity index (χ1n) is 6.71. The van der Waals surface area contributed by atoms with Gasteiger partial charge in [0, 0.05) is 0 Å². The quantitative estimate of drug-likeness (QED) is 0.769. The fourth-order valence-electron chi connectivity index (χ4n) is 3.06. The number of hydrogen-bond acceptors (Lipinski definition) is 3. The van der Waals surface area contributed by atoms with Crippen LogP contribution in [0.15, 0.2) is 0 Å². The summed E-state index contributed by atoms with van der Waals surface area (Å²) in [6, 6.07) is 0. The molecule has 100 valence electrons. The van der Waals surface area contributed by atoms with Gasteiger partial charge in [-0.1, -0.05) is 27.7 Å². The number of rotatable bonds is 4. The summed E-state index contributed by atoms with van der Waals surface area (Å²) in [5.74, 6) is 0.235. The minimum absolute atomic E-state index is 0.0889. The number of nitrogens with one attached hydrogen (secondary N) is 1. The van der Waals surface area contributed by atoms with Gasteiger partial charge in [0.1, 0.15) is 5.54 Å². The molecular weight excluding hydrogens is 214 g/mol. The highest BCUT2D eigenvalue weighted by atomic mass is 16.5. The van der Waals surface area contributed by atoms with Crippen molar-refractivity contribution in [3.05, 3.63) is 0 Å². The first kappa shape index (κ1) is 14.5. The summed E-state index contributed by atoms with van der Waals surface area (Å²) in [6.07, 6.45) is 4.06. The monoisotopic (exact) mass is 241 g/mol. The number of methoxy groups -OCH3 is 1. The highest BCUT2D eigenvalue weighted by Crippen LogP contribution is 2.44. The molecule has 0 aromatic carbocycles. The Bertz CT molecular complexity index is 275. The van der Waals surface area contributed by atoms with Crippen LogP contribution in [0, 0.1) is 11.3 Å². The molecule has 0 spiro atoms. The van der Waals surface area contributed by atoms with Crippen LogP contribution in [0.3, 0.4) is 0 Å². The summed E-state index contributed by atoms with van der Waals surface area (Å²) >= 11 is 0. The van der Waals surface area contributed by atoms with E-state index < -0.39 is 5.54 Å². The molecule has 17 heavy (non-hydrogen) atoms. The van der Waals surface area contributed by atoms with Gasteiger partial charge < -0.3 is 10.1 Å². The zero-order valence-electron chi connectivity index (χ0n) is 11.9. The van der Waals surface area contributed by atoms with Gasteiger partial charge in [-0.25, -0.2) is 0 Å². The second-order valence-corrected chi connectivity index (χ2v) is 6.16. The minimum Gasteiger partial charge on any atom is -0.468 e. The van der Waals surface area contributed by atoms with E-state index in [2.05, 4.69) is 33.0 Å².